The van der Waals surface area contributed by atoms with Gasteiger partial charge in [0.15, 0.2) is 5.85 Å². The Morgan fingerprint density at radius 2 is 1.74 bits per heavy atom. The van der Waals surface area contributed by atoms with Crippen molar-refractivity contribution in [2.24, 2.45) is 0 Å². The number of aliphatic hydroxyl groups excluding tert-OH is 1. The number of benzene rings is 2. The molecule has 0 bridgehead atoms. The number of aromatic nitrogens is 1. The van der Waals surface area contributed by atoms with Crippen LogP contribution in [-0.4, -0.2) is 24.2 Å². The second kappa shape index (κ2) is 8.49. The summed E-state index contributed by atoms with van der Waals surface area (Å²) < 4.78 is 19.7. The molecule has 0 fully saturated rings. The van der Waals surface area contributed by atoms with Crippen molar-refractivity contribution in [2.75, 3.05) is 19.0 Å². The Kier molecular flexibility index (Phi) is 6.07. The van der Waals surface area contributed by atoms with Crippen molar-refractivity contribution in [3.8, 4) is 0 Å². The Labute approximate surface area is 159 Å². The van der Waals surface area contributed by atoms with E-state index in [-0.39, 0.29) is 6.61 Å². The summed E-state index contributed by atoms with van der Waals surface area (Å²) in [6.45, 7) is 0.144. The molecule has 0 aliphatic rings. The molecule has 0 saturated heterocycles. The number of hydrogen-bond donors (Lipinski definition) is 1. The number of rotatable bonds is 7. The van der Waals surface area contributed by atoms with Crippen LogP contribution in [0.25, 0.3) is 0 Å². The minimum atomic E-state index is -3.60. The molecular weight excluding hydrogens is 359 g/mol. The molecule has 0 saturated carbocycles. The van der Waals surface area contributed by atoms with Crippen molar-refractivity contribution < 1.29 is 14.2 Å². The lowest BCUT2D eigenvalue weighted by Gasteiger charge is -2.25. The van der Waals surface area contributed by atoms with Gasteiger partial charge >= 0.3 is 0 Å². The van der Waals surface area contributed by atoms with Crippen molar-refractivity contribution in [3.05, 3.63) is 90.3 Å². The van der Waals surface area contributed by atoms with E-state index < -0.39 is 13.2 Å². The van der Waals surface area contributed by atoms with Gasteiger partial charge in [0.25, 0.3) is 7.37 Å². The highest BCUT2D eigenvalue weighted by Gasteiger charge is 2.36. The maximum absolute atomic E-state index is 13.9. The van der Waals surface area contributed by atoms with Gasteiger partial charge in [0.05, 0.1) is 6.61 Å². The first-order chi connectivity index (χ1) is 13.0. The molecule has 1 heterocycles. The van der Waals surface area contributed by atoms with E-state index in [0.717, 1.165) is 11.3 Å². The Bertz CT molecular complexity index is 900. The first-order valence-corrected chi connectivity index (χ1v) is 10.3. The zero-order valence-electron chi connectivity index (χ0n) is 15.4. The van der Waals surface area contributed by atoms with Gasteiger partial charge in [-0.25, -0.2) is 0 Å². The molecule has 27 heavy (non-hydrogen) atoms. The van der Waals surface area contributed by atoms with Crippen LogP contribution in [-0.2, 0) is 15.7 Å². The van der Waals surface area contributed by atoms with E-state index in [0.29, 0.717) is 10.9 Å². The molecule has 2 aromatic carbocycles. The van der Waals surface area contributed by atoms with Gasteiger partial charge in [-0.2, -0.15) is 0 Å². The average molecular weight is 382 g/mol. The number of aliphatic hydroxyl groups is 1. The average Bonchev–Trinajstić information content (AvgIpc) is 2.73. The fourth-order valence-corrected chi connectivity index (χ4v) is 4.74. The molecule has 2 atom stereocenters. The minimum absolute atomic E-state index is 0.144. The van der Waals surface area contributed by atoms with Gasteiger partial charge in [0.1, 0.15) is 0 Å². The van der Waals surface area contributed by atoms with E-state index >= 15 is 0 Å². The minimum Gasteiger partial charge on any atom is -0.378 e. The van der Waals surface area contributed by atoms with Gasteiger partial charge in [-0.1, -0.05) is 36.4 Å². The topological polar surface area (TPSA) is 62.7 Å². The molecule has 0 amide bonds. The van der Waals surface area contributed by atoms with Crippen LogP contribution in [0, 0.1) is 0 Å². The third kappa shape index (κ3) is 4.45. The standard InChI is InChI=1S/C21H23N2O3P/c1-23(2)19-10-12-20(13-11-19)27(25,21(24)18-9-6-14-22-15-18)26-16-17-7-4-3-5-8-17/h3-15,21,24H,16H2,1-2H3/t21-,27+/m1/s1. The van der Waals surface area contributed by atoms with Gasteiger partial charge in [-0.3, -0.25) is 9.55 Å². The second-order valence-corrected chi connectivity index (χ2v) is 8.88. The van der Waals surface area contributed by atoms with Gasteiger partial charge in [-0.05, 0) is 35.9 Å². The zero-order chi connectivity index (χ0) is 19.3. The van der Waals surface area contributed by atoms with Crippen molar-refractivity contribution in [3.63, 3.8) is 0 Å². The Hall–Kier alpha value is -2.46. The number of nitrogens with zero attached hydrogens (tertiary/aromatic N) is 2. The van der Waals surface area contributed by atoms with E-state index in [1.54, 1.807) is 30.5 Å². The first kappa shape index (κ1) is 19.3. The highest BCUT2D eigenvalue weighted by atomic mass is 31.2. The molecule has 3 aromatic rings. The second-order valence-electron chi connectivity index (χ2n) is 6.43. The quantitative estimate of drug-likeness (QED) is 0.627. The Balaban J connectivity index is 1.96. The molecule has 3 rings (SSSR count). The van der Waals surface area contributed by atoms with Crippen LogP contribution in [0.3, 0.4) is 0 Å². The molecular formula is C21H23N2O3P. The van der Waals surface area contributed by atoms with Crippen LogP contribution < -0.4 is 10.2 Å². The normalized spacial score (nSPS) is 14.3. The lowest BCUT2D eigenvalue weighted by Crippen LogP contribution is -2.16. The summed E-state index contributed by atoms with van der Waals surface area (Å²) in [6, 6.07) is 20.1. The largest absolute Gasteiger partial charge is 0.378 e. The molecule has 5 nitrogen and oxygen atoms in total. The van der Waals surface area contributed by atoms with Crippen molar-refractivity contribution >= 4 is 18.4 Å². The molecule has 6 heteroatoms. The summed E-state index contributed by atoms with van der Waals surface area (Å²) in [7, 11) is 0.268. The molecule has 0 aliphatic carbocycles. The molecule has 1 aromatic heterocycles. The summed E-state index contributed by atoms with van der Waals surface area (Å²) in [5.41, 5.74) is 2.33. The molecule has 1 N–H and O–H groups in total. The molecule has 140 valence electrons. The number of hydrogen-bond acceptors (Lipinski definition) is 5. The summed E-state index contributed by atoms with van der Waals surface area (Å²) in [4.78, 5) is 5.98. The Morgan fingerprint density at radius 1 is 1.04 bits per heavy atom. The maximum Gasteiger partial charge on any atom is 0.264 e. The van der Waals surface area contributed by atoms with Crippen molar-refractivity contribution in [1.82, 2.24) is 4.98 Å². The van der Waals surface area contributed by atoms with Crippen molar-refractivity contribution in [2.45, 2.75) is 12.5 Å². The lowest BCUT2D eigenvalue weighted by atomic mass is 10.2. The molecule has 0 spiro atoms. The Morgan fingerprint density at radius 3 is 2.33 bits per heavy atom. The van der Waals surface area contributed by atoms with E-state index in [9.17, 15) is 9.67 Å². The third-order valence-corrected chi connectivity index (χ3v) is 6.77. The summed E-state index contributed by atoms with van der Waals surface area (Å²) in [5.74, 6) is -1.29. The predicted octanol–water partition coefficient (Wildman–Crippen LogP) is 3.96. The van der Waals surface area contributed by atoms with Gasteiger partial charge in [-0.15, -0.1) is 0 Å². The first-order valence-electron chi connectivity index (χ1n) is 8.65. The molecule has 0 aliphatic heterocycles. The van der Waals surface area contributed by atoms with Gasteiger partial charge in [0.2, 0.25) is 0 Å². The fraction of sp³-hybridized carbons (Fsp3) is 0.190. The van der Waals surface area contributed by atoms with Gasteiger partial charge < -0.3 is 14.5 Å². The zero-order valence-corrected chi connectivity index (χ0v) is 16.3. The SMILES string of the molecule is CN(C)c1ccc([P@](=O)(OCc2ccccc2)[C@@H](O)c2cccnc2)cc1. The lowest BCUT2D eigenvalue weighted by molar-refractivity contribution is 0.210. The molecule has 0 radical (unpaired) electrons. The third-order valence-electron chi connectivity index (χ3n) is 4.30. The highest BCUT2D eigenvalue weighted by molar-refractivity contribution is 7.67. The number of pyridine rings is 1. The number of anilines is 1. The van der Waals surface area contributed by atoms with Crippen LogP contribution in [0.5, 0.6) is 0 Å². The maximum atomic E-state index is 13.9. The van der Waals surface area contributed by atoms with E-state index in [4.69, 9.17) is 4.52 Å². The van der Waals surface area contributed by atoms with Crippen LogP contribution in [0.15, 0.2) is 79.1 Å². The van der Waals surface area contributed by atoms with Gasteiger partial charge in [0, 0.05) is 43.0 Å². The van der Waals surface area contributed by atoms with Crippen LogP contribution in [0.2, 0.25) is 0 Å². The van der Waals surface area contributed by atoms with E-state index in [2.05, 4.69) is 4.98 Å². The monoisotopic (exact) mass is 382 g/mol. The molecule has 0 unspecified atom stereocenters. The van der Waals surface area contributed by atoms with E-state index in [1.165, 1.54) is 6.20 Å². The van der Waals surface area contributed by atoms with Crippen LogP contribution >= 0.6 is 7.37 Å². The predicted molar refractivity (Wildman–Crippen MR) is 108 cm³/mol. The van der Waals surface area contributed by atoms with Crippen LogP contribution in [0.1, 0.15) is 17.0 Å². The fourth-order valence-electron chi connectivity index (χ4n) is 2.71. The summed E-state index contributed by atoms with van der Waals surface area (Å²) >= 11 is 0. The highest BCUT2D eigenvalue weighted by Crippen LogP contribution is 2.58. The van der Waals surface area contributed by atoms with E-state index in [1.807, 2.05) is 61.5 Å². The van der Waals surface area contributed by atoms with Crippen molar-refractivity contribution in [1.29, 1.82) is 0 Å². The summed E-state index contributed by atoms with van der Waals surface area (Å²) in [6.07, 6.45) is 3.12. The smallest absolute Gasteiger partial charge is 0.264 e. The van der Waals surface area contributed by atoms with Crippen LogP contribution in [0.4, 0.5) is 5.69 Å². The summed E-state index contributed by atoms with van der Waals surface area (Å²) in [5, 5.41) is 11.4.